The third-order valence-electron chi connectivity index (χ3n) is 4.13. The number of amides is 1. The van der Waals surface area contributed by atoms with Gasteiger partial charge in [-0.25, -0.2) is 0 Å². The van der Waals surface area contributed by atoms with E-state index in [4.69, 9.17) is 4.74 Å². The molecule has 2 rings (SSSR count). The van der Waals surface area contributed by atoms with Gasteiger partial charge >= 0.3 is 0 Å². The molecule has 1 aromatic rings. The Hall–Kier alpha value is -1.39. The number of likely N-dealkylation sites (N-methyl/N-ethyl adjacent to an activating group) is 1. The number of hydrogen-bond acceptors (Lipinski definition) is 3. The van der Waals surface area contributed by atoms with Gasteiger partial charge in [-0.3, -0.25) is 4.79 Å². The summed E-state index contributed by atoms with van der Waals surface area (Å²) in [5, 5.41) is 6.48. The lowest BCUT2D eigenvalue weighted by Gasteiger charge is -2.20. The smallest absolute Gasteiger partial charge is 0.231 e. The zero-order valence-corrected chi connectivity index (χ0v) is 13.2. The molecule has 4 nitrogen and oxygen atoms in total. The summed E-state index contributed by atoms with van der Waals surface area (Å²) in [6.45, 7) is 8.24. The fourth-order valence-corrected chi connectivity index (χ4v) is 2.90. The highest BCUT2D eigenvalue weighted by molar-refractivity contribution is 5.94. The summed E-state index contributed by atoms with van der Waals surface area (Å²) in [6, 6.07) is 6.35. The molecule has 2 atom stereocenters. The van der Waals surface area contributed by atoms with Crippen molar-refractivity contribution in [3.05, 3.63) is 29.3 Å². The molecule has 1 heterocycles. The minimum Gasteiger partial charge on any atom is -0.379 e. The number of nitrogens with one attached hydrogen (secondary N) is 2. The van der Waals surface area contributed by atoms with E-state index in [1.807, 2.05) is 0 Å². The molecule has 2 N–H and O–H groups in total. The van der Waals surface area contributed by atoms with Crippen molar-refractivity contribution >= 4 is 11.6 Å². The summed E-state index contributed by atoms with van der Waals surface area (Å²) in [5.41, 5.74) is 3.39. The molecule has 2 unspecified atom stereocenters. The summed E-state index contributed by atoms with van der Waals surface area (Å²) >= 11 is 0. The van der Waals surface area contributed by atoms with Gasteiger partial charge in [0.15, 0.2) is 0 Å². The van der Waals surface area contributed by atoms with Gasteiger partial charge in [0.2, 0.25) is 5.91 Å². The average Bonchev–Trinajstić information content (AvgIpc) is 2.96. The minimum atomic E-state index is -0.112. The second kappa shape index (κ2) is 7.57. The molecule has 0 spiro atoms. The van der Waals surface area contributed by atoms with Crippen LogP contribution in [0.3, 0.4) is 0 Å². The zero-order valence-electron chi connectivity index (χ0n) is 13.2. The number of benzene rings is 1. The number of rotatable bonds is 6. The van der Waals surface area contributed by atoms with E-state index in [2.05, 4.69) is 49.6 Å². The maximum absolute atomic E-state index is 12.6. The minimum absolute atomic E-state index is 0.0639. The maximum atomic E-state index is 12.6. The second-order valence-electron chi connectivity index (χ2n) is 5.46. The molecule has 1 fully saturated rings. The first-order chi connectivity index (χ1) is 10.2. The van der Waals surface area contributed by atoms with Crippen LogP contribution in [0.15, 0.2) is 18.2 Å². The maximum Gasteiger partial charge on any atom is 0.231 e. The van der Waals surface area contributed by atoms with Crippen molar-refractivity contribution in [1.82, 2.24) is 5.32 Å². The Kier molecular flexibility index (Phi) is 5.76. The summed E-state index contributed by atoms with van der Waals surface area (Å²) in [6.07, 6.45) is 1.84. The Morgan fingerprint density at radius 2 is 1.86 bits per heavy atom. The molecule has 0 saturated carbocycles. The molecule has 1 saturated heterocycles. The predicted molar refractivity (Wildman–Crippen MR) is 85.6 cm³/mol. The van der Waals surface area contributed by atoms with E-state index in [0.717, 1.165) is 25.1 Å². The SMILES string of the molecule is CCNC1COCC1C(=O)Nc1c(CC)cccc1CC. The quantitative estimate of drug-likeness (QED) is 0.845. The first-order valence-corrected chi connectivity index (χ1v) is 7.93. The fourth-order valence-electron chi connectivity index (χ4n) is 2.90. The van der Waals surface area contributed by atoms with E-state index in [0.29, 0.717) is 13.2 Å². The lowest BCUT2D eigenvalue weighted by Crippen LogP contribution is -2.41. The number of carbonyl (C=O) groups excluding carboxylic acids is 1. The van der Waals surface area contributed by atoms with E-state index in [1.54, 1.807) is 0 Å². The van der Waals surface area contributed by atoms with Gasteiger partial charge in [0.25, 0.3) is 0 Å². The molecule has 4 heteroatoms. The number of hydrogen-bond donors (Lipinski definition) is 2. The van der Waals surface area contributed by atoms with E-state index in [-0.39, 0.29) is 17.9 Å². The number of ether oxygens (including phenoxy) is 1. The standard InChI is InChI=1S/C17H26N2O2/c1-4-12-8-7-9-13(5-2)16(12)19-17(20)14-10-21-11-15(14)18-6-3/h7-9,14-15,18H,4-6,10-11H2,1-3H3,(H,19,20). The van der Waals surface area contributed by atoms with Crippen LogP contribution in [-0.2, 0) is 22.4 Å². The molecule has 116 valence electrons. The van der Waals surface area contributed by atoms with Crippen molar-refractivity contribution in [3.8, 4) is 0 Å². The normalized spacial score (nSPS) is 21.5. The molecule has 0 aliphatic carbocycles. The van der Waals surface area contributed by atoms with Gasteiger partial charge in [-0.2, -0.15) is 0 Å². The van der Waals surface area contributed by atoms with Crippen LogP contribution < -0.4 is 10.6 Å². The molecule has 1 amide bonds. The summed E-state index contributed by atoms with van der Waals surface area (Å²) in [4.78, 5) is 12.6. The van der Waals surface area contributed by atoms with Gasteiger partial charge in [0, 0.05) is 11.7 Å². The lowest BCUT2D eigenvalue weighted by molar-refractivity contribution is -0.120. The van der Waals surface area contributed by atoms with E-state index in [1.165, 1.54) is 11.1 Å². The highest BCUT2D eigenvalue weighted by atomic mass is 16.5. The predicted octanol–water partition coefficient (Wildman–Crippen LogP) is 2.37. The summed E-state index contributed by atoms with van der Waals surface area (Å²) < 4.78 is 5.47. The number of carbonyl (C=O) groups is 1. The molecule has 21 heavy (non-hydrogen) atoms. The van der Waals surface area contributed by atoms with Gasteiger partial charge in [-0.05, 0) is 30.5 Å². The van der Waals surface area contributed by atoms with Crippen LogP contribution >= 0.6 is 0 Å². The fraction of sp³-hybridized carbons (Fsp3) is 0.588. The first-order valence-electron chi connectivity index (χ1n) is 7.93. The van der Waals surface area contributed by atoms with Gasteiger partial charge in [0.1, 0.15) is 0 Å². The Labute approximate surface area is 127 Å². The zero-order chi connectivity index (χ0) is 15.2. The molecule has 0 aromatic heterocycles. The van der Waals surface area contributed by atoms with Crippen LogP contribution in [0.1, 0.15) is 31.9 Å². The first kappa shape index (κ1) is 16.0. The molecular weight excluding hydrogens is 264 g/mol. The van der Waals surface area contributed by atoms with Crippen molar-refractivity contribution in [2.75, 3.05) is 25.1 Å². The third kappa shape index (κ3) is 3.63. The van der Waals surface area contributed by atoms with Gasteiger partial charge in [-0.1, -0.05) is 39.0 Å². The Balaban J connectivity index is 2.15. The van der Waals surface area contributed by atoms with E-state index in [9.17, 15) is 4.79 Å². The van der Waals surface area contributed by atoms with E-state index < -0.39 is 0 Å². The lowest BCUT2D eigenvalue weighted by atomic mass is 9.99. The van der Waals surface area contributed by atoms with Crippen molar-refractivity contribution in [2.45, 2.75) is 39.7 Å². The van der Waals surface area contributed by atoms with Gasteiger partial charge in [0.05, 0.1) is 19.1 Å². The number of para-hydroxylation sites is 1. The van der Waals surface area contributed by atoms with Crippen molar-refractivity contribution in [3.63, 3.8) is 0 Å². The summed E-state index contributed by atoms with van der Waals surface area (Å²) in [5.74, 6) is -0.0476. The second-order valence-corrected chi connectivity index (χ2v) is 5.46. The Morgan fingerprint density at radius 3 is 2.43 bits per heavy atom. The van der Waals surface area contributed by atoms with E-state index >= 15 is 0 Å². The third-order valence-corrected chi connectivity index (χ3v) is 4.13. The number of aryl methyl sites for hydroxylation is 2. The van der Waals surface area contributed by atoms with Crippen LogP contribution in [0.25, 0.3) is 0 Å². The van der Waals surface area contributed by atoms with Gasteiger partial charge in [-0.15, -0.1) is 0 Å². The summed E-state index contributed by atoms with van der Waals surface area (Å²) in [7, 11) is 0. The van der Waals surface area contributed by atoms with Crippen LogP contribution in [0.5, 0.6) is 0 Å². The van der Waals surface area contributed by atoms with Crippen LogP contribution in [0.4, 0.5) is 5.69 Å². The van der Waals surface area contributed by atoms with Crippen LogP contribution in [0, 0.1) is 5.92 Å². The molecule has 0 bridgehead atoms. The topological polar surface area (TPSA) is 50.4 Å². The Bertz CT molecular complexity index is 465. The largest absolute Gasteiger partial charge is 0.379 e. The highest BCUT2D eigenvalue weighted by Gasteiger charge is 2.33. The van der Waals surface area contributed by atoms with Crippen LogP contribution in [0.2, 0.25) is 0 Å². The van der Waals surface area contributed by atoms with Crippen molar-refractivity contribution in [2.24, 2.45) is 5.92 Å². The van der Waals surface area contributed by atoms with Crippen molar-refractivity contribution in [1.29, 1.82) is 0 Å². The molecule has 0 radical (unpaired) electrons. The van der Waals surface area contributed by atoms with Crippen molar-refractivity contribution < 1.29 is 9.53 Å². The average molecular weight is 290 g/mol. The van der Waals surface area contributed by atoms with Gasteiger partial charge < -0.3 is 15.4 Å². The number of anilines is 1. The molecular formula is C17H26N2O2. The monoisotopic (exact) mass is 290 g/mol. The highest BCUT2D eigenvalue weighted by Crippen LogP contribution is 2.24. The Morgan fingerprint density at radius 1 is 1.19 bits per heavy atom. The molecule has 1 aromatic carbocycles. The molecule has 1 aliphatic heterocycles. The van der Waals surface area contributed by atoms with Crippen LogP contribution in [-0.4, -0.2) is 31.7 Å². The molecule has 1 aliphatic rings.